The summed E-state index contributed by atoms with van der Waals surface area (Å²) >= 11 is 0. The van der Waals surface area contributed by atoms with Gasteiger partial charge in [0.1, 0.15) is 17.6 Å². The highest BCUT2D eigenvalue weighted by Gasteiger charge is 2.13. The van der Waals surface area contributed by atoms with Gasteiger partial charge in [0.2, 0.25) is 0 Å². The maximum Gasteiger partial charge on any atom is 0.315 e. The number of benzene rings is 1. The molecule has 1 atom stereocenters. The Morgan fingerprint density at radius 2 is 1.92 bits per heavy atom. The molecule has 2 aromatic rings. The second kappa shape index (κ2) is 8.26. The first-order valence-corrected chi connectivity index (χ1v) is 7.50. The lowest BCUT2D eigenvalue weighted by Crippen LogP contribution is -2.37. The molecule has 0 saturated carbocycles. The van der Waals surface area contributed by atoms with E-state index in [9.17, 15) is 9.90 Å². The van der Waals surface area contributed by atoms with Crippen LogP contribution in [0.2, 0.25) is 0 Å². The predicted octanol–water partition coefficient (Wildman–Crippen LogP) is 2.14. The second-order valence-electron chi connectivity index (χ2n) is 5.22. The van der Waals surface area contributed by atoms with E-state index in [1.165, 1.54) is 0 Å². The fourth-order valence-corrected chi connectivity index (χ4v) is 2.16. The fourth-order valence-electron chi connectivity index (χ4n) is 2.16. The number of aryl methyl sites for hydroxylation is 1. The zero-order valence-corrected chi connectivity index (χ0v) is 14.0. The lowest BCUT2D eigenvalue weighted by atomic mass is 10.2. The van der Waals surface area contributed by atoms with Crippen LogP contribution in [0.4, 0.5) is 4.79 Å². The van der Waals surface area contributed by atoms with Crippen molar-refractivity contribution in [2.45, 2.75) is 19.6 Å². The summed E-state index contributed by atoms with van der Waals surface area (Å²) in [6, 6.07) is 8.46. The van der Waals surface area contributed by atoms with Gasteiger partial charge >= 0.3 is 6.03 Å². The first kappa shape index (κ1) is 17.7. The van der Waals surface area contributed by atoms with Crippen LogP contribution in [-0.2, 0) is 6.54 Å². The molecule has 0 radical (unpaired) electrons. The number of amides is 2. The molecule has 24 heavy (non-hydrogen) atoms. The average Bonchev–Trinajstić information content (AvgIpc) is 3.04. The van der Waals surface area contributed by atoms with E-state index in [0.29, 0.717) is 29.6 Å². The molecule has 1 unspecified atom stereocenters. The highest BCUT2D eigenvalue weighted by molar-refractivity contribution is 5.73. The normalized spacial score (nSPS) is 11.7. The number of hydrogen-bond donors (Lipinski definition) is 3. The minimum absolute atomic E-state index is 0.0602. The Hall–Kier alpha value is -2.67. The van der Waals surface area contributed by atoms with Gasteiger partial charge in [-0.1, -0.05) is 6.07 Å². The molecule has 7 nitrogen and oxygen atoms in total. The van der Waals surface area contributed by atoms with Crippen molar-refractivity contribution < 1.29 is 23.8 Å². The summed E-state index contributed by atoms with van der Waals surface area (Å²) in [4.78, 5) is 11.8. The van der Waals surface area contributed by atoms with Gasteiger partial charge in [-0.05, 0) is 36.8 Å². The van der Waals surface area contributed by atoms with Crippen LogP contribution in [0.1, 0.15) is 23.2 Å². The van der Waals surface area contributed by atoms with E-state index in [-0.39, 0.29) is 12.6 Å². The van der Waals surface area contributed by atoms with Gasteiger partial charge in [-0.25, -0.2) is 4.79 Å². The van der Waals surface area contributed by atoms with Crippen molar-refractivity contribution in [2.75, 3.05) is 20.8 Å². The lowest BCUT2D eigenvalue weighted by molar-refractivity contribution is 0.146. The molecule has 7 heteroatoms. The van der Waals surface area contributed by atoms with E-state index < -0.39 is 6.10 Å². The van der Waals surface area contributed by atoms with Gasteiger partial charge in [0.05, 0.1) is 20.8 Å². The number of urea groups is 1. The molecule has 0 saturated heterocycles. The summed E-state index contributed by atoms with van der Waals surface area (Å²) in [5.41, 5.74) is 0.866. The van der Waals surface area contributed by atoms with Crippen molar-refractivity contribution in [1.29, 1.82) is 0 Å². The van der Waals surface area contributed by atoms with Crippen LogP contribution >= 0.6 is 0 Å². The maximum atomic E-state index is 11.8. The zero-order valence-electron chi connectivity index (χ0n) is 14.0. The van der Waals surface area contributed by atoms with E-state index in [4.69, 9.17) is 13.9 Å². The summed E-state index contributed by atoms with van der Waals surface area (Å²) in [7, 11) is 3.12. The van der Waals surface area contributed by atoms with Gasteiger partial charge in [0.15, 0.2) is 11.5 Å². The Labute approximate surface area is 140 Å². The molecular weight excluding hydrogens is 312 g/mol. The summed E-state index contributed by atoms with van der Waals surface area (Å²) in [5, 5.41) is 15.2. The number of rotatable bonds is 7. The second-order valence-corrected chi connectivity index (χ2v) is 5.22. The molecular formula is C17H22N2O5. The molecule has 1 aromatic carbocycles. The maximum absolute atomic E-state index is 11.8. The van der Waals surface area contributed by atoms with Crippen LogP contribution in [0.25, 0.3) is 0 Å². The first-order chi connectivity index (χ1) is 11.5. The van der Waals surface area contributed by atoms with Gasteiger partial charge in [-0.2, -0.15) is 0 Å². The molecule has 2 rings (SSSR count). The minimum Gasteiger partial charge on any atom is -0.493 e. The molecule has 0 fully saturated rings. The largest absolute Gasteiger partial charge is 0.493 e. The molecule has 2 amide bonds. The van der Waals surface area contributed by atoms with Crippen LogP contribution in [0.5, 0.6) is 11.5 Å². The number of methoxy groups -OCH3 is 2. The number of hydrogen-bond acceptors (Lipinski definition) is 5. The number of carbonyl (C=O) groups is 1. The molecule has 0 spiro atoms. The summed E-state index contributed by atoms with van der Waals surface area (Å²) in [5.74, 6) is 2.36. The van der Waals surface area contributed by atoms with E-state index in [1.807, 2.05) is 6.07 Å². The third kappa shape index (κ3) is 4.66. The Bertz CT molecular complexity index is 683. The number of ether oxygens (including phenoxy) is 2. The quantitative estimate of drug-likeness (QED) is 0.721. The van der Waals surface area contributed by atoms with Crippen molar-refractivity contribution in [1.82, 2.24) is 10.6 Å². The van der Waals surface area contributed by atoms with Gasteiger partial charge < -0.3 is 29.6 Å². The molecule has 3 N–H and O–H groups in total. The van der Waals surface area contributed by atoms with Crippen molar-refractivity contribution >= 4 is 6.03 Å². The molecule has 1 aromatic heterocycles. The minimum atomic E-state index is -0.884. The highest BCUT2D eigenvalue weighted by atomic mass is 16.5. The molecule has 0 aliphatic heterocycles. The van der Waals surface area contributed by atoms with Gasteiger partial charge in [-0.3, -0.25) is 0 Å². The third-order valence-electron chi connectivity index (χ3n) is 3.45. The fraction of sp³-hybridized carbons (Fsp3) is 0.353. The summed E-state index contributed by atoms with van der Waals surface area (Å²) in [6.07, 6.45) is -0.884. The van der Waals surface area contributed by atoms with Crippen LogP contribution in [0.15, 0.2) is 34.7 Å². The molecule has 0 aliphatic rings. The number of aliphatic hydroxyl groups is 1. The van der Waals surface area contributed by atoms with Crippen LogP contribution in [-0.4, -0.2) is 31.9 Å². The van der Waals surface area contributed by atoms with Gasteiger partial charge in [0, 0.05) is 6.54 Å². The average molecular weight is 334 g/mol. The van der Waals surface area contributed by atoms with Crippen molar-refractivity contribution in [2.24, 2.45) is 0 Å². The molecule has 1 heterocycles. The number of carbonyl (C=O) groups excluding carboxylic acids is 1. The lowest BCUT2D eigenvalue weighted by Gasteiger charge is -2.12. The van der Waals surface area contributed by atoms with E-state index in [1.54, 1.807) is 45.4 Å². The van der Waals surface area contributed by atoms with Crippen molar-refractivity contribution in [3.63, 3.8) is 0 Å². The first-order valence-electron chi connectivity index (χ1n) is 7.50. The third-order valence-corrected chi connectivity index (χ3v) is 3.45. The number of aliphatic hydroxyl groups excluding tert-OH is 1. The monoisotopic (exact) mass is 334 g/mol. The van der Waals surface area contributed by atoms with Crippen molar-refractivity contribution in [3.8, 4) is 11.5 Å². The van der Waals surface area contributed by atoms with E-state index >= 15 is 0 Å². The molecule has 0 aliphatic carbocycles. The Balaban J connectivity index is 1.80. The zero-order chi connectivity index (χ0) is 17.5. The standard InChI is InChI=1S/C17H22N2O5/c1-11-4-6-14(24-11)13(20)10-19-17(21)18-9-12-5-7-15(22-2)16(8-12)23-3/h4-8,13,20H,9-10H2,1-3H3,(H2,18,19,21). The highest BCUT2D eigenvalue weighted by Crippen LogP contribution is 2.27. The summed E-state index contributed by atoms with van der Waals surface area (Å²) in [6.45, 7) is 2.17. The predicted molar refractivity (Wildman–Crippen MR) is 88.2 cm³/mol. The van der Waals surface area contributed by atoms with E-state index in [0.717, 1.165) is 5.56 Å². The molecule has 0 bridgehead atoms. The molecule has 130 valence electrons. The van der Waals surface area contributed by atoms with E-state index in [2.05, 4.69) is 10.6 Å². The van der Waals surface area contributed by atoms with Crippen LogP contribution in [0.3, 0.4) is 0 Å². The smallest absolute Gasteiger partial charge is 0.315 e. The van der Waals surface area contributed by atoms with Crippen LogP contribution in [0, 0.1) is 6.92 Å². The van der Waals surface area contributed by atoms with Gasteiger partial charge in [0.25, 0.3) is 0 Å². The van der Waals surface area contributed by atoms with Crippen LogP contribution < -0.4 is 20.1 Å². The number of furan rings is 1. The topological polar surface area (TPSA) is 93.0 Å². The summed E-state index contributed by atoms with van der Waals surface area (Å²) < 4.78 is 15.7. The Morgan fingerprint density at radius 3 is 2.54 bits per heavy atom. The Kier molecular flexibility index (Phi) is 6.08. The Morgan fingerprint density at radius 1 is 1.17 bits per heavy atom. The van der Waals surface area contributed by atoms with Gasteiger partial charge in [-0.15, -0.1) is 0 Å². The SMILES string of the molecule is COc1ccc(CNC(=O)NCC(O)c2ccc(C)o2)cc1OC. The number of nitrogens with one attached hydrogen (secondary N) is 2. The van der Waals surface area contributed by atoms with Crippen molar-refractivity contribution in [3.05, 3.63) is 47.4 Å².